The van der Waals surface area contributed by atoms with Crippen LogP contribution in [0.5, 0.6) is 5.75 Å². The molecule has 4 nitrogen and oxygen atoms in total. The first-order chi connectivity index (χ1) is 10.6. The van der Waals surface area contributed by atoms with Gasteiger partial charge in [0.15, 0.2) is 12.4 Å². The summed E-state index contributed by atoms with van der Waals surface area (Å²) in [7, 11) is 0. The van der Waals surface area contributed by atoms with Crippen LogP contribution >= 0.6 is 11.6 Å². The summed E-state index contributed by atoms with van der Waals surface area (Å²) in [5, 5.41) is 0.514. The number of carbonyl (C=O) groups is 2. The van der Waals surface area contributed by atoms with E-state index < -0.39 is 5.97 Å². The molecular weight excluding hydrogens is 304 g/mol. The summed E-state index contributed by atoms with van der Waals surface area (Å²) in [5.74, 6) is -0.0586. The Labute approximate surface area is 133 Å². The number of ketones is 1. The van der Waals surface area contributed by atoms with Gasteiger partial charge in [-0.25, -0.2) is 4.79 Å². The van der Waals surface area contributed by atoms with Gasteiger partial charge >= 0.3 is 5.97 Å². The summed E-state index contributed by atoms with van der Waals surface area (Å²) in [6.07, 6.45) is 0. The van der Waals surface area contributed by atoms with Gasteiger partial charge in [0, 0.05) is 16.1 Å². The second-order valence-electron chi connectivity index (χ2n) is 4.46. The first-order valence-corrected chi connectivity index (χ1v) is 7.16. The number of carbonyl (C=O) groups excluding carboxylic acids is 2. The summed E-state index contributed by atoms with van der Waals surface area (Å²) >= 11 is 5.88. The molecule has 114 valence electrons. The molecule has 0 radical (unpaired) electrons. The fourth-order valence-corrected chi connectivity index (χ4v) is 2.03. The maximum Gasteiger partial charge on any atom is 0.344 e. The lowest BCUT2D eigenvalue weighted by Gasteiger charge is -2.07. The number of benzene rings is 2. The van der Waals surface area contributed by atoms with Crippen LogP contribution < -0.4 is 4.74 Å². The summed E-state index contributed by atoms with van der Waals surface area (Å²) in [6.45, 7) is 1.89. The van der Waals surface area contributed by atoms with Gasteiger partial charge in [0.1, 0.15) is 5.75 Å². The monoisotopic (exact) mass is 318 g/mol. The van der Waals surface area contributed by atoms with Crippen LogP contribution in [0.25, 0.3) is 0 Å². The topological polar surface area (TPSA) is 52.6 Å². The lowest BCUT2D eigenvalue weighted by molar-refractivity contribution is -0.145. The highest BCUT2D eigenvalue weighted by Gasteiger charge is 2.10. The molecule has 0 atom stereocenters. The van der Waals surface area contributed by atoms with Crippen molar-refractivity contribution >= 4 is 23.4 Å². The standard InChI is InChI=1S/C17H15ClO4/c1-2-21-16(19)11-22-15-8-6-12(7-9-15)17(20)13-4-3-5-14(18)10-13/h3-10H,2,11H2,1H3. The van der Waals surface area contributed by atoms with Crippen LogP contribution in [0.1, 0.15) is 22.8 Å². The Kier molecular flexibility index (Phi) is 5.55. The van der Waals surface area contributed by atoms with Gasteiger partial charge in [-0.3, -0.25) is 4.79 Å². The van der Waals surface area contributed by atoms with E-state index >= 15 is 0 Å². The van der Waals surface area contributed by atoms with Gasteiger partial charge in [-0.05, 0) is 43.3 Å². The maximum absolute atomic E-state index is 12.3. The molecule has 0 spiro atoms. The fourth-order valence-electron chi connectivity index (χ4n) is 1.84. The SMILES string of the molecule is CCOC(=O)COc1ccc(C(=O)c2cccc(Cl)c2)cc1. The number of hydrogen-bond donors (Lipinski definition) is 0. The molecule has 2 aromatic rings. The van der Waals surface area contributed by atoms with Gasteiger partial charge in [-0.1, -0.05) is 23.7 Å². The summed E-state index contributed by atoms with van der Waals surface area (Å²) in [5.41, 5.74) is 1.04. The highest BCUT2D eigenvalue weighted by atomic mass is 35.5. The molecular formula is C17H15ClO4. The minimum absolute atomic E-state index is 0.126. The third-order valence-electron chi connectivity index (χ3n) is 2.87. The van der Waals surface area contributed by atoms with Crippen molar-refractivity contribution in [3.8, 4) is 5.75 Å². The van der Waals surface area contributed by atoms with Crippen LogP contribution in [0.15, 0.2) is 48.5 Å². The third-order valence-corrected chi connectivity index (χ3v) is 3.10. The molecule has 2 aromatic carbocycles. The Bertz CT molecular complexity index is 665. The average Bonchev–Trinajstić information content (AvgIpc) is 2.53. The zero-order chi connectivity index (χ0) is 15.9. The first kappa shape index (κ1) is 16.0. The number of esters is 1. The van der Waals surface area contributed by atoms with Crippen LogP contribution in [0.4, 0.5) is 0 Å². The molecule has 0 saturated carbocycles. The highest BCUT2D eigenvalue weighted by molar-refractivity contribution is 6.31. The van der Waals surface area contributed by atoms with Crippen LogP contribution in [0.2, 0.25) is 5.02 Å². The molecule has 0 aliphatic heterocycles. The Balaban J connectivity index is 2.02. The van der Waals surface area contributed by atoms with Gasteiger partial charge in [0.05, 0.1) is 6.61 Å². The van der Waals surface area contributed by atoms with E-state index in [1.807, 2.05) is 0 Å². The minimum atomic E-state index is -0.429. The number of hydrogen-bond acceptors (Lipinski definition) is 4. The second-order valence-corrected chi connectivity index (χ2v) is 4.89. The van der Waals surface area contributed by atoms with Gasteiger partial charge in [0.25, 0.3) is 0 Å². The molecule has 0 aliphatic carbocycles. The molecule has 22 heavy (non-hydrogen) atoms. The summed E-state index contributed by atoms with van der Waals surface area (Å²) < 4.78 is 10.0. The van der Waals surface area contributed by atoms with Crippen molar-refractivity contribution in [2.24, 2.45) is 0 Å². The summed E-state index contributed by atoms with van der Waals surface area (Å²) in [4.78, 5) is 23.5. The number of halogens is 1. The van der Waals surface area contributed by atoms with E-state index in [0.717, 1.165) is 0 Å². The van der Waals surface area contributed by atoms with Crippen molar-refractivity contribution in [3.05, 3.63) is 64.7 Å². The van der Waals surface area contributed by atoms with Crippen molar-refractivity contribution < 1.29 is 19.1 Å². The maximum atomic E-state index is 12.3. The normalized spacial score (nSPS) is 10.1. The van der Waals surface area contributed by atoms with E-state index in [4.69, 9.17) is 21.1 Å². The van der Waals surface area contributed by atoms with Crippen LogP contribution in [0.3, 0.4) is 0 Å². The van der Waals surface area contributed by atoms with Crippen molar-refractivity contribution in [2.75, 3.05) is 13.2 Å². The second kappa shape index (κ2) is 7.61. The van der Waals surface area contributed by atoms with Gasteiger partial charge in [-0.15, -0.1) is 0 Å². The number of rotatable bonds is 6. The minimum Gasteiger partial charge on any atom is -0.482 e. The lowest BCUT2D eigenvalue weighted by Crippen LogP contribution is -2.14. The molecule has 2 rings (SSSR count). The molecule has 0 unspecified atom stereocenters. The van der Waals surface area contributed by atoms with Crippen LogP contribution in [0, 0.1) is 0 Å². The van der Waals surface area contributed by atoms with Crippen molar-refractivity contribution in [1.29, 1.82) is 0 Å². The van der Waals surface area contributed by atoms with Crippen LogP contribution in [-0.4, -0.2) is 25.0 Å². The fraction of sp³-hybridized carbons (Fsp3) is 0.176. The zero-order valence-corrected chi connectivity index (χ0v) is 12.8. The van der Waals surface area contributed by atoms with E-state index in [1.54, 1.807) is 55.5 Å². The lowest BCUT2D eigenvalue weighted by atomic mass is 10.0. The van der Waals surface area contributed by atoms with Crippen molar-refractivity contribution in [2.45, 2.75) is 6.92 Å². The Morgan fingerprint density at radius 2 is 1.77 bits per heavy atom. The molecule has 0 N–H and O–H groups in total. The molecule has 0 aliphatic rings. The third kappa shape index (κ3) is 4.33. The highest BCUT2D eigenvalue weighted by Crippen LogP contribution is 2.17. The van der Waals surface area contributed by atoms with E-state index in [1.165, 1.54) is 0 Å². The molecule has 0 saturated heterocycles. The predicted octanol–water partition coefficient (Wildman–Crippen LogP) is 3.51. The van der Waals surface area contributed by atoms with Crippen LogP contribution in [-0.2, 0) is 9.53 Å². The molecule has 0 amide bonds. The molecule has 0 bridgehead atoms. The van der Waals surface area contributed by atoms with E-state index in [9.17, 15) is 9.59 Å². The predicted molar refractivity (Wildman–Crippen MR) is 83.5 cm³/mol. The smallest absolute Gasteiger partial charge is 0.344 e. The average molecular weight is 319 g/mol. The van der Waals surface area contributed by atoms with Crippen molar-refractivity contribution in [1.82, 2.24) is 0 Å². The largest absolute Gasteiger partial charge is 0.482 e. The van der Waals surface area contributed by atoms with E-state index in [0.29, 0.717) is 28.5 Å². The van der Waals surface area contributed by atoms with E-state index in [-0.39, 0.29) is 12.4 Å². The zero-order valence-electron chi connectivity index (χ0n) is 12.0. The Morgan fingerprint density at radius 1 is 1.05 bits per heavy atom. The quantitative estimate of drug-likeness (QED) is 0.604. The first-order valence-electron chi connectivity index (χ1n) is 6.79. The molecule has 5 heteroatoms. The number of ether oxygens (including phenoxy) is 2. The van der Waals surface area contributed by atoms with Gasteiger partial charge in [0.2, 0.25) is 0 Å². The van der Waals surface area contributed by atoms with Gasteiger partial charge in [-0.2, -0.15) is 0 Å². The molecule has 0 heterocycles. The van der Waals surface area contributed by atoms with Crippen molar-refractivity contribution in [3.63, 3.8) is 0 Å². The summed E-state index contributed by atoms with van der Waals surface area (Å²) in [6, 6.07) is 13.3. The molecule has 0 fully saturated rings. The van der Waals surface area contributed by atoms with Gasteiger partial charge < -0.3 is 9.47 Å². The Hall–Kier alpha value is -2.33. The van der Waals surface area contributed by atoms with E-state index in [2.05, 4.69) is 0 Å². The molecule has 0 aromatic heterocycles. The Morgan fingerprint density at radius 3 is 2.41 bits per heavy atom.